The van der Waals surface area contributed by atoms with Gasteiger partial charge in [-0.2, -0.15) is 0 Å². The van der Waals surface area contributed by atoms with Crippen LogP contribution in [-0.4, -0.2) is 0 Å². The van der Waals surface area contributed by atoms with E-state index in [1.165, 1.54) is 162 Å². The molecule has 76 heavy (non-hydrogen) atoms. The zero-order valence-corrected chi connectivity index (χ0v) is 43.9. The van der Waals surface area contributed by atoms with Gasteiger partial charge in [-0.3, -0.25) is 0 Å². The molecule has 2 heteroatoms. The van der Waals surface area contributed by atoms with Gasteiger partial charge >= 0.3 is 0 Å². The molecule has 0 fully saturated rings. The van der Waals surface area contributed by atoms with Gasteiger partial charge in [0.15, 0.2) is 0 Å². The van der Waals surface area contributed by atoms with Crippen molar-refractivity contribution in [2.75, 3.05) is 0 Å². The van der Waals surface area contributed by atoms with E-state index in [9.17, 15) is 0 Å². The highest BCUT2D eigenvalue weighted by Crippen LogP contribution is 2.55. The Morgan fingerprint density at radius 2 is 0.447 bits per heavy atom. The van der Waals surface area contributed by atoms with E-state index >= 15 is 0 Å². The van der Waals surface area contributed by atoms with Crippen LogP contribution in [0.4, 0.5) is 0 Å². The molecule has 2 heterocycles. The van der Waals surface area contributed by atoms with Gasteiger partial charge in [-0.25, -0.2) is 0 Å². The third kappa shape index (κ3) is 6.27. The zero-order chi connectivity index (χ0) is 50.2. The molecule has 0 N–H and O–H groups in total. The molecular formula is C74H48P2. The molecule has 16 aromatic rings. The molecule has 0 aliphatic carbocycles. The minimum Gasteiger partial charge on any atom is -0.112 e. The summed E-state index contributed by atoms with van der Waals surface area (Å²) in [6.45, 7) is 4.88. The Balaban J connectivity index is 1.11. The fourth-order valence-electron chi connectivity index (χ4n) is 13.6. The standard InChI is InChI=1S/C74H48P2/c1-75-67-39-9-7-25-61(67)71-55(37-17-41-69(71)75)53-31-15-35-59-65(53)44-66-54(56-38-18-42-70-72(56)62-26-8-10-40-68(62)76(70)2)32-16-36-60(66)74(59)73-57-33-13-29-51(49-27-11-21-45-19-3-5-23-47(45)49)63(57)43-64-52(30-14-34-58(64)73)50-28-12-22-46-20-4-6-24-48(46)50/h3-44H,1-2H3. The minimum atomic E-state index is -0.486. The third-order valence-corrected chi connectivity index (χ3v) is 21.4. The second-order valence-electron chi connectivity index (χ2n) is 20.7. The van der Waals surface area contributed by atoms with Gasteiger partial charge in [0.25, 0.3) is 0 Å². The van der Waals surface area contributed by atoms with Crippen LogP contribution >= 0.6 is 15.1 Å². The van der Waals surface area contributed by atoms with Gasteiger partial charge in [0, 0.05) is 31.2 Å². The predicted molar refractivity (Wildman–Crippen MR) is 336 cm³/mol. The van der Waals surface area contributed by atoms with Gasteiger partial charge in [-0.05, 0) is 157 Å². The Kier molecular flexibility index (Phi) is 9.69. The Hall–Kier alpha value is -8.76. The van der Waals surface area contributed by atoms with Crippen LogP contribution in [0.15, 0.2) is 255 Å². The Bertz CT molecular complexity index is 4820. The number of rotatable bonds is 5. The van der Waals surface area contributed by atoms with Crippen LogP contribution in [0.1, 0.15) is 0 Å². The molecule has 0 amide bonds. The summed E-state index contributed by atoms with van der Waals surface area (Å²) in [4.78, 5) is 0. The molecule has 0 bridgehead atoms. The Morgan fingerprint density at radius 3 is 0.842 bits per heavy atom. The number of aryl methyl sites for hydroxylation is 2. The lowest BCUT2D eigenvalue weighted by molar-refractivity contribution is 1.67. The van der Waals surface area contributed by atoms with E-state index in [1.54, 1.807) is 0 Å². The summed E-state index contributed by atoms with van der Waals surface area (Å²) >= 11 is 0. The van der Waals surface area contributed by atoms with Gasteiger partial charge in [0.05, 0.1) is 0 Å². The Morgan fingerprint density at radius 1 is 0.197 bits per heavy atom. The molecule has 14 aromatic carbocycles. The van der Waals surface area contributed by atoms with Crippen LogP contribution < -0.4 is 0 Å². The molecule has 0 saturated heterocycles. The summed E-state index contributed by atoms with van der Waals surface area (Å²) in [6, 6.07) is 97.2. The first-order valence-corrected chi connectivity index (χ1v) is 30.0. The molecule has 0 nitrogen and oxygen atoms in total. The molecule has 2 unspecified atom stereocenters. The molecular weight excluding hydrogens is 951 g/mol. The van der Waals surface area contributed by atoms with Crippen LogP contribution in [-0.2, 0) is 13.3 Å². The van der Waals surface area contributed by atoms with Crippen molar-refractivity contribution in [3.63, 3.8) is 0 Å². The van der Waals surface area contributed by atoms with Gasteiger partial charge < -0.3 is 0 Å². The second kappa shape index (κ2) is 16.9. The van der Waals surface area contributed by atoms with E-state index in [-0.39, 0.29) is 0 Å². The van der Waals surface area contributed by atoms with Crippen molar-refractivity contribution in [3.05, 3.63) is 255 Å². The van der Waals surface area contributed by atoms with Crippen LogP contribution in [0.2, 0.25) is 0 Å². The lowest BCUT2D eigenvalue weighted by Crippen LogP contribution is -1.95. The van der Waals surface area contributed by atoms with Crippen molar-refractivity contribution in [2.24, 2.45) is 13.3 Å². The SMILES string of the molecule is Cp1c2ccccc2c2c(-c3cccc4c(-c5c6cccc(-c7cccc8ccccc78)c6cc6c(-c7cccc8ccccc78)cccc56)c5cccc(-c6cccc7c6c6ccccc6p7C)c5cc34)cccc21. The molecule has 354 valence electrons. The Labute approximate surface area is 442 Å². The van der Waals surface area contributed by atoms with Crippen molar-refractivity contribution in [1.29, 1.82) is 0 Å². The van der Waals surface area contributed by atoms with E-state index in [0.717, 1.165) is 0 Å². The highest BCUT2D eigenvalue weighted by molar-refractivity contribution is 7.60. The molecule has 0 saturated carbocycles. The minimum absolute atomic E-state index is 0.486. The smallest absolute Gasteiger partial charge is 0.00274 e. The average Bonchev–Trinajstić information content (AvgIpc) is 4.05. The largest absolute Gasteiger partial charge is 0.112 e. The van der Waals surface area contributed by atoms with Crippen molar-refractivity contribution in [3.8, 4) is 55.6 Å². The number of hydrogen-bond acceptors (Lipinski definition) is 0. The second-order valence-corrected chi connectivity index (χ2v) is 24.9. The highest BCUT2D eigenvalue weighted by atomic mass is 31.1. The van der Waals surface area contributed by atoms with Crippen molar-refractivity contribution in [1.82, 2.24) is 0 Å². The number of hydrogen-bond donors (Lipinski definition) is 0. The quantitative estimate of drug-likeness (QED) is 0.151. The summed E-state index contributed by atoms with van der Waals surface area (Å²) in [5, 5.41) is 26.4. The lowest BCUT2D eigenvalue weighted by atomic mass is 9.81. The van der Waals surface area contributed by atoms with E-state index in [0.29, 0.717) is 0 Å². The first-order valence-electron chi connectivity index (χ1n) is 26.5. The first-order chi connectivity index (χ1) is 37.6. The van der Waals surface area contributed by atoms with Gasteiger partial charge in [0.1, 0.15) is 0 Å². The van der Waals surface area contributed by atoms with Crippen molar-refractivity contribution < 1.29 is 0 Å². The van der Waals surface area contributed by atoms with Gasteiger partial charge in [-0.15, -0.1) is 15.1 Å². The molecule has 0 spiro atoms. The normalized spacial score (nSPS) is 12.6. The monoisotopic (exact) mass is 998 g/mol. The molecule has 2 aromatic heterocycles. The highest BCUT2D eigenvalue weighted by Gasteiger charge is 2.25. The van der Waals surface area contributed by atoms with E-state index in [1.807, 2.05) is 0 Å². The van der Waals surface area contributed by atoms with E-state index < -0.39 is 15.1 Å². The summed E-state index contributed by atoms with van der Waals surface area (Å²) < 4.78 is 0. The molecule has 16 rings (SSSR count). The maximum Gasteiger partial charge on any atom is 0.00274 e. The van der Waals surface area contributed by atoms with Crippen LogP contribution in [0, 0.1) is 0 Å². The summed E-state index contributed by atoms with van der Waals surface area (Å²) in [5.74, 6) is 0. The van der Waals surface area contributed by atoms with Gasteiger partial charge in [0.2, 0.25) is 0 Å². The number of fused-ring (bicyclic) bond motifs is 12. The maximum absolute atomic E-state index is 2.57. The molecule has 2 atom stereocenters. The molecule has 0 aliphatic rings. The van der Waals surface area contributed by atoms with Crippen LogP contribution in [0.5, 0.6) is 0 Å². The van der Waals surface area contributed by atoms with Crippen LogP contribution in [0.3, 0.4) is 0 Å². The molecule has 0 aliphatic heterocycles. The molecule has 0 radical (unpaired) electrons. The van der Waals surface area contributed by atoms with Crippen LogP contribution in [0.25, 0.3) is 162 Å². The topological polar surface area (TPSA) is 0 Å². The van der Waals surface area contributed by atoms with Gasteiger partial charge in [-0.1, -0.05) is 243 Å². The fourth-order valence-corrected chi connectivity index (χ4v) is 17.6. The summed E-state index contributed by atoms with van der Waals surface area (Å²) in [6.07, 6.45) is 0. The van der Waals surface area contributed by atoms with Crippen molar-refractivity contribution >= 4 is 122 Å². The van der Waals surface area contributed by atoms with E-state index in [2.05, 4.69) is 268 Å². The van der Waals surface area contributed by atoms with E-state index in [4.69, 9.17) is 0 Å². The maximum atomic E-state index is 2.57. The zero-order valence-electron chi connectivity index (χ0n) is 42.1. The predicted octanol–water partition coefficient (Wildman–Crippen LogP) is 22.6. The summed E-state index contributed by atoms with van der Waals surface area (Å²) in [7, 11) is -0.973. The lowest BCUT2D eigenvalue weighted by Gasteiger charge is -2.22. The first kappa shape index (κ1) is 43.6. The average molecular weight is 999 g/mol. The third-order valence-electron chi connectivity index (χ3n) is 16.9. The number of benzene rings is 14. The van der Waals surface area contributed by atoms with Crippen molar-refractivity contribution in [2.45, 2.75) is 0 Å². The fraction of sp³-hybridized carbons (Fsp3) is 0.0270. The summed E-state index contributed by atoms with van der Waals surface area (Å²) in [5.41, 5.74) is 12.6.